The van der Waals surface area contributed by atoms with Crippen LogP contribution in [0.2, 0.25) is 0 Å². The van der Waals surface area contributed by atoms with Gasteiger partial charge >= 0.3 is 19.8 Å². The van der Waals surface area contributed by atoms with Crippen molar-refractivity contribution in [1.82, 2.24) is 0 Å². The van der Waals surface area contributed by atoms with Crippen molar-refractivity contribution in [2.45, 2.75) is 251 Å². The number of hydrogen-bond acceptors (Lipinski definition) is 7. The van der Waals surface area contributed by atoms with Crippen LogP contribution < -0.4 is 0 Å². The van der Waals surface area contributed by atoms with Gasteiger partial charge in [-0.25, -0.2) is 4.57 Å². The highest BCUT2D eigenvalue weighted by Crippen LogP contribution is 2.42. The maximum absolute atomic E-state index is 12.5. The lowest BCUT2D eigenvalue weighted by atomic mass is 10.0. The van der Waals surface area contributed by atoms with Crippen molar-refractivity contribution in [3.63, 3.8) is 0 Å². The first kappa shape index (κ1) is 53.8. The molecule has 0 saturated heterocycles. The Morgan fingerprint density at radius 3 is 1.18 bits per heavy atom. The van der Waals surface area contributed by atoms with Crippen LogP contribution in [0.15, 0.2) is 12.2 Å². The summed E-state index contributed by atoms with van der Waals surface area (Å²) in [6.45, 7) is 3.92. The molecule has 326 valence electrons. The Bertz CT molecular complexity index is 910. The van der Waals surface area contributed by atoms with Gasteiger partial charge in [0, 0.05) is 20.0 Å². The van der Waals surface area contributed by atoms with Crippen LogP contribution in [0.3, 0.4) is 0 Å². The fourth-order valence-corrected chi connectivity index (χ4v) is 7.35. The maximum atomic E-state index is 12.5. The molecule has 0 bridgehead atoms. The van der Waals surface area contributed by atoms with Crippen LogP contribution in [-0.2, 0) is 32.7 Å². The highest BCUT2D eigenvalue weighted by atomic mass is 31.2. The van der Waals surface area contributed by atoms with E-state index in [0.29, 0.717) is 12.8 Å². The van der Waals surface area contributed by atoms with Gasteiger partial charge < -0.3 is 14.4 Å². The number of hydrogen-bond donors (Lipinski definition) is 1. The third kappa shape index (κ3) is 42.2. The molecule has 0 aliphatic carbocycles. The number of rotatable bonds is 44. The third-order valence-electron chi connectivity index (χ3n) is 10.5. The van der Waals surface area contributed by atoms with Crippen LogP contribution in [0.1, 0.15) is 245 Å². The van der Waals surface area contributed by atoms with Gasteiger partial charge in [0.25, 0.3) is 0 Å². The van der Waals surface area contributed by atoms with E-state index in [2.05, 4.69) is 30.5 Å². The van der Waals surface area contributed by atoms with Crippen LogP contribution in [0.4, 0.5) is 0 Å². The van der Waals surface area contributed by atoms with Gasteiger partial charge in [0.15, 0.2) is 6.10 Å². The first-order valence-corrected chi connectivity index (χ1v) is 24.9. The standard InChI is InChI=1S/C46H89O8P/c1-4-6-8-10-12-14-16-18-20-22-23-24-25-27-28-30-32-34-36-38-40-45(47)52-42-44(43-53-55(49,50)51-3)54-46(48)41-39-37-35-33-31-29-26-21-19-17-15-13-11-9-7-5-2/h21,26,44H,4-20,22-25,27-43H2,1-3H3,(H,49,50)/b26-21-. The fraction of sp³-hybridized carbons (Fsp3) is 0.913. The summed E-state index contributed by atoms with van der Waals surface area (Å²) in [4.78, 5) is 34.5. The molecule has 0 rings (SSSR count). The largest absolute Gasteiger partial charge is 0.472 e. The number of phosphoric acid groups is 1. The maximum Gasteiger partial charge on any atom is 0.472 e. The summed E-state index contributed by atoms with van der Waals surface area (Å²) >= 11 is 0. The van der Waals surface area contributed by atoms with Crippen LogP contribution >= 0.6 is 7.82 Å². The summed E-state index contributed by atoms with van der Waals surface area (Å²) < 4.78 is 32.0. The Morgan fingerprint density at radius 1 is 0.491 bits per heavy atom. The monoisotopic (exact) mass is 801 g/mol. The summed E-state index contributed by atoms with van der Waals surface area (Å²) in [5.41, 5.74) is 0. The Hall–Kier alpha value is -1.21. The SMILES string of the molecule is CCCCCCCCC/C=C\CCCCCCCC(=O)OC(COC(=O)CCCCCCCCCCCCCCCCCCCCCC)COP(=O)(O)OC. The molecule has 0 amide bonds. The van der Waals surface area contributed by atoms with Crippen molar-refractivity contribution in [1.29, 1.82) is 0 Å². The molecule has 0 heterocycles. The number of ether oxygens (including phenoxy) is 2. The average Bonchev–Trinajstić information content (AvgIpc) is 3.18. The minimum atomic E-state index is -4.26. The van der Waals surface area contributed by atoms with Gasteiger partial charge in [0.2, 0.25) is 0 Å². The van der Waals surface area contributed by atoms with Crippen molar-refractivity contribution < 1.29 is 37.6 Å². The lowest BCUT2D eigenvalue weighted by Gasteiger charge is -2.19. The van der Waals surface area contributed by atoms with Gasteiger partial charge in [0.1, 0.15) is 6.61 Å². The Kier molecular flexibility index (Phi) is 41.5. The molecule has 0 aliphatic heterocycles. The number of esters is 2. The molecule has 0 aliphatic rings. The quantitative estimate of drug-likeness (QED) is 0.0281. The first-order valence-electron chi connectivity index (χ1n) is 23.4. The molecule has 0 radical (unpaired) electrons. The fourth-order valence-electron chi connectivity index (χ4n) is 6.89. The van der Waals surface area contributed by atoms with Crippen molar-refractivity contribution in [2.75, 3.05) is 20.3 Å². The van der Waals surface area contributed by atoms with Crippen LogP contribution in [0.5, 0.6) is 0 Å². The molecule has 0 aromatic rings. The van der Waals surface area contributed by atoms with E-state index < -0.39 is 26.5 Å². The van der Waals surface area contributed by atoms with Crippen LogP contribution in [-0.4, -0.2) is 43.3 Å². The molecule has 8 nitrogen and oxygen atoms in total. The van der Waals surface area contributed by atoms with E-state index in [4.69, 9.17) is 14.0 Å². The number of carbonyl (C=O) groups excluding carboxylic acids is 2. The molecule has 0 aromatic heterocycles. The second kappa shape index (κ2) is 42.4. The summed E-state index contributed by atoms with van der Waals surface area (Å²) in [5, 5.41) is 0. The van der Waals surface area contributed by atoms with E-state index in [0.717, 1.165) is 58.5 Å². The highest BCUT2D eigenvalue weighted by Gasteiger charge is 2.24. The van der Waals surface area contributed by atoms with E-state index in [9.17, 15) is 19.0 Å². The predicted molar refractivity (Wildman–Crippen MR) is 230 cm³/mol. The van der Waals surface area contributed by atoms with Crippen LogP contribution in [0, 0.1) is 0 Å². The zero-order valence-corrected chi connectivity index (χ0v) is 37.2. The third-order valence-corrected chi connectivity index (χ3v) is 11.4. The lowest BCUT2D eigenvalue weighted by Crippen LogP contribution is -2.29. The zero-order chi connectivity index (χ0) is 40.3. The van der Waals surface area contributed by atoms with Crippen molar-refractivity contribution in [2.24, 2.45) is 0 Å². The summed E-state index contributed by atoms with van der Waals surface area (Å²) in [7, 11) is -3.19. The Labute approximate surface area is 340 Å². The Balaban J connectivity index is 3.91. The van der Waals surface area contributed by atoms with Crippen LogP contribution in [0.25, 0.3) is 0 Å². The molecular formula is C46H89O8P. The number of carbonyl (C=O) groups is 2. The molecule has 0 fully saturated rings. The number of allylic oxidation sites excluding steroid dienone is 2. The highest BCUT2D eigenvalue weighted by molar-refractivity contribution is 7.47. The van der Waals surface area contributed by atoms with E-state index in [-0.39, 0.29) is 19.0 Å². The van der Waals surface area contributed by atoms with Crippen molar-refractivity contribution in [3.05, 3.63) is 12.2 Å². The normalized spacial score (nSPS) is 13.3. The number of unbranched alkanes of at least 4 members (excludes halogenated alkanes) is 31. The van der Waals surface area contributed by atoms with Gasteiger partial charge in [-0.05, 0) is 38.5 Å². The molecule has 0 aromatic carbocycles. The van der Waals surface area contributed by atoms with E-state index in [1.165, 1.54) is 161 Å². The van der Waals surface area contributed by atoms with Gasteiger partial charge in [-0.1, -0.05) is 206 Å². The zero-order valence-electron chi connectivity index (χ0n) is 36.4. The van der Waals surface area contributed by atoms with Gasteiger partial charge in [-0.15, -0.1) is 0 Å². The predicted octanol–water partition coefficient (Wildman–Crippen LogP) is 14.8. The second-order valence-electron chi connectivity index (χ2n) is 15.9. The molecule has 55 heavy (non-hydrogen) atoms. The number of phosphoric ester groups is 1. The molecule has 0 spiro atoms. The lowest BCUT2D eigenvalue weighted by molar-refractivity contribution is -0.161. The first-order chi connectivity index (χ1) is 26.8. The van der Waals surface area contributed by atoms with Crippen molar-refractivity contribution >= 4 is 19.8 Å². The Morgan fingerprint density at radius 2 is 0.818 bits per heavy atom. The molecule has 9 heteroatoms. The minimum absolute atomic E-state index is 0.222. The van der Waals surface area contributed by atoms with E-state index in [1.807, 2.05) is 0 Å². The minimum Gasteiger partial charge on any atom is -0.462 e. The molecular weight excluding hydrogens is 711 g/mol. The smallest absolute Gasteiger partial charge is 0.462 e. The second-order valence-corrected chi connectivity index (χ2v) is 17.5. The molecule has 2 atom stereocenters. The van der Waals surface area contributed by atoms with Gasteiger partial charge in [-0.2, -0.15) is 0 Å². The molecule has 1 N–H and O–H groups in total. The average molecular weight is 801 g/mol. The topological polar surface area (TPSA) is 108 Å². The van der Waals surface area contributed by atoms with E-state index in [1.54, 1.807) is 0 Å². The van der Waals surface area contributed by atoms with Gasteiger partial charge in [-0.3, -0.25) is 18.6 Å². The molecule has 0 saturated carbocycles. The van der Waals surface area contributed by atoms with E-state index >= 15 is 0 Å². The summed E-state index contributed by atoms with van der Waals surface area (Å²) in [6.07, 6.45) is 47.0. The summed E-state index contributed by atoms with van der Waals surface area (Å²) in [5.74, 6) is -0.799. The summed E-state index contributed by atoms with van der Waals surface area (Å²) in [6, 6.07) is 0. The van der Waals surface area contributed by atoms with Crippen molar-refractivity contribution in [3.8, 4) is 0 Å². The van der Waals surface area contributed by atoms with Gasteiger partial charge in [0.05, 0.1) is 6.61 Å². The molecule has 2 unspecified atom stereocenters.